The van der Waals surface area contributed by atoms with E-state index in [1.54, 1.807) is 60.7 Å². The Balaban J connectivity index is 1.69. The first-order valence-electron chi connectivity index (χ1n) is 13.6. The largest absolute Gasteiger partial charge is 0.493 e. The molecule has 0 amide bonds. The van der Waals surface area contributed by atoms with Crippen molar-refractivity contribution >= 4 is 35.0 Å². The van der Waals surface area contributed by atoms with Crippen LogP contribution in [0.2, 0.25) is 0 Å². The molecule has 1 atom stereocenters. The Morgan fingerprint density at radius 3 is 2.21 bits per heavy atom. The molecular formula is C29H30F3N5O5S. The monoisotopic (exact) mass is 617 g/mol. The molecule has 3 aromatic rings. The molecule has 2 N–H and O–H groups in total. The molecule has 1 fully saturated rings. The predicted molar refractivity (Wildman–Crippen MR) is 156 cm³/mol. The van der Waals surface area contributed by atoms with E-state index < -0.39 is 46.0 Å². The lowest BCUT2D eigenvalue weighted by atomic mass is 10.1. The Morgan fingerprint density at radius 2 is 1.63 bits per heavy atom. The number of thioether (sulfide) groups is 1. The van der Waals surface area contributed by atoms with Gasteiger partial charge in [0.15, 0.2) is 22.8 Å². The number of hydrogen-bond donors (Lipinski definition) is 1. The van der Waals surface area contributed by atoms with Crippen LogP contribution < -0.4 is 26.9 Å². The maximum absolute atomic E-state index is 14.1. The van der Waals surface area contributed by atoms with Crippen LogP contribution in [-0.2, 0) is 29.8 Å². The van der Waals surface area contributed by atoms with Crippen LogP contribution in [0.25, 0.3) is 0 Å². The van der Waals surface area contributed by atoms with Gasteiger partial charge in [0, 0.05) is 30.4 Å². The van der Waals surface area contributed by atoms with E-state index in [1.165, 1.54) is 23.7 Å². The molecule has 0 bridgehead atoms. The second kappa shape index (κ2) is 11.9. The second-order valence-electron chi connectivity index (χ2n) is 10.5. The molecule has 10 nitrogen and oxygen atoms in total. The highest BCUT2D eigenvalue weighted by molar-refractivity contribution is 8.01. The molecule has 0 saturated heterocycles. The number of carbonyl (C=O) groups is 2. The van der Waals surface area contributed by atoms with E-state index in [0.717, 1.165) is 22.0 Å². The molecule has 0 radical (unpaired) electrons. The first kappa shape index (κ1) is 30.4. The molecule has 14 heteroatoms. The van der Waals surface area contributed by atoms with Crippen molar-refractivity contribution in [3.05, 3.63) is 92.6 Å². The van der Waals surface area contributed by atoms with Crippen molar-refractivity contribution < 1.29 is 27.6 Å². The number of halogens is 3. The highest BCUT2D eigenvalue weighted by Gasteiger charge is 2.51. The number of rotatable bonds is 9. The van der Waals surface area contributed by atoms with Crippen molar-refractivity contribution in [1.82, 2.24) is 9.13 Å². The van der Waals surface area contributed by atoms with E-state index in [-0.39, 0.29) is 30.2 Å². The van der Waals surface area contributed by atoms with Gasteiger partial charge in [-0.1, -0.05) is 73.5 Å². The summed E-state index contributed by atoms with van der Waals surface area (Å²) in [5.41, 5.74) is 3.95. The third-order valence-corrected chi connectivity index (χ3v) is 9.44. The number of aromatic nitrogens is 2. The van der Waals surface area contributed by atoms with E-state index in [0.29, 0.717) is 23.5 Å². The summed E-state index contributed by atoms with van der Waals surface area (Å²) in [5, 5.41) is 0.695. The summed E-state index contributed by atoms with van der Waals surface area (Å²) >= 11 is 1.20. The molecule has 2 aliphatic rings. The third kappa shape index (κ3) is 5.93. The number of carbonyl (C=O) groups excluding carboxylic acids is 2. The summed E-state index contributed by atoms with van der Waals surface area (Å²) in [6.07, 6.45) is -2.33. The molecular weight excluding hydrogens is 587 g/mol. The lowest BCUT2D eigenvalue weighted by Crippen LogP contribution is -2.48. The molecule has 2 aromatic carbocycles. The number of hydroxylamine groups is 1. The Kier molecular flexibility index (Phi) is 8.43. The predicted octanol–water partition coefficient (Wildman–Crippen LogP) is 3.57. The minimum Gasteiger partial charge on any atom is -0.329 e. The van der Waals surface area contributed by atoms with Crippen molar-refractivity contribution in [1.29, 1.82) is 0 Å². The summed E-state index contributed by atoms with van der Waals surface area (Å²) in [6, 6.07) is 17.0. The van der Waals surface area contributed by atoms with Crippen LogP contribution in [0.4, 0.5) is 24.7 Å². The van der Waals surface area contributed by atoms with Gasteiger partial charge in [-0.3, -0.25) is 18.7 Å². The van der Waals surface area contributed by atoms with E-state index in [1.807, 2.05) is 0 Å². The van der Waals surface area contributed by atoms with Crippen molar-refractivity contribution in [2.24, 2.45) is 12.8 Å². The SMILES string of the molecule is Cn1c2c(c(=O)n(CC(=O)c3ccccc3)c1=O)N(Cc1ccccc1)C(SC1(CN)CCCC1)N2OC(=O)C(F)(F)F. The van der Waals surface area contributed by atoms with Crippen LogP contribution in [0.1, 0.15) is 41.6 Å². The summed E-state index contributed by atoms with van der Waals surface area (Å²) < 4.78 is 41.6. The minimum absolute atomic E-state index is 0.0201. The van der Waals surface area contributed by atoms with Crippen LogP contribution in [-0.4, -0.2) is 43.9 Å². The number of fused-ring (bicyclic) bond motifs is 1. The number of benzene rings is 2. The van der Waals surface area contributed by atoms with Crippen molar-refractivity contribution in [2.75, 3.05) is 16.5 Å². The number of Topliss-reactive ketones (excluding diaryl/α,β-unsaturated/α-hetero) is 1. The smallest absolute Gasteiger partial charge is 0.329 e. The van der Waals surface area contributed by atoms with E-state index >= 15 is 0 Å². The van der Waals surface area contributed by atoms with Crippen molar-refractivity contribution in [2.45, 2.75) is 55.2 Å². The quantitative estimate of drug-likeness (QED) is 0.360. The van der Waals surface area contributed by atoms with Gasteiger partial charge in [-0.15, -0.1) is 11.8 Å². The molecule has 1 saturated carbocycles. The lowest BCUT2D eigenvalue weighted by molar-refractivity contribution is -0.201. The van der Waals surface area contributed by atoms with Gasteiger partial charge in [-0.05, 0) is 18.4 Å². The number of anilines is 2. The first-order valence-corrected chi connectivity index (χ1v) is 14.5. The van der Waals surface area contributed by atoms with Crippen LogP contribution >= 0.6 is 11.8 Å². The van der Waals surface area contributed by atoms with Crippen molar-refractivity contribution in [3.63, 3.8) is 0 Å². The zero-order valence-electron chi connectivity index (χ0n) is 23.3. The Morgan fingerprint density at radius 1 is 1.02 bits per heavy atom. The van der Waals surface area contributed by atoms with Gasteiger partial charge >= 0.3 is 17.8 Å². The molecule has 2 heterocycles. The average molecular weight is 618 g/mol. The molecule has 0 spiro atoms. The van der Waals surface area contributed by atoms with Gasteiger partial charge in [0.2, 0.25) is 0 Å². The van der Waals surface area contributed by atoms with Gasteiger partial charge in [0.05, 0.1) is 6.54 Å². The van der Waals surface area contributed by atoms with Crippen LogP contribution in [0.5, 0.6) is 0 Å². The Labute approximate surface area is 248 Å². The number of hydrogen-bond acceptors (Lipinski definition) is 9. The fraction of sp³-hybridized carbons (Fsp3) is 0.379. The Hall–Kier alpha value is -4.04. The number of ketones is 1. The first-order chi connectivity index (χ1) is 20.5. The maximum atomic E-state index is 14.1. The summed E-state index contributed by atoms with van der Waals surface area (Å²) in [6.45, 7) is -0.388. The van der Waals surface area contributed by atoms with E-state index in [2.05, 4.69) is 0 Å². The number of alkyl halides is 3. The van der Waals surface area contributed by atoms with Gasteiger partial charge in [-0.2, -0.15) is 18.2 Å². The third-order valence-electron chi connectivity index (χ3n) is 7.71. The zero-order valence-corrected chi connectivity index (χ0v) is 24.1. The Bertz CT molecular complexity index is 1620. The van der Waals surface area contributed by atoms with Crippen LogP contribution in [0.15, 0.2) is 70.3 Å². The lowest BCUT2D eigenvalue weighted by Gasteiger charge is -2.37. The minimum atomic E-state index is -5.35. The van der Waals surface area contributed by atoms with Crippen LogP contribution in [0.3, 0.4) is 0 Å². The highest BCUT2D eigenvalue weighted by Crippen LogP contribution is 2.50. The van der Waals surface area contributed by atoms with Gasteiger partial charge in [-0.25, -0.2) is 9.59 Å². The molecule has 1 aliphatic heterocycles. The van der Waals surface area contributed by atoms with Gasteiger partial charge in [0.25, 0.3) is 5.56 Å². The average Bonchev–Trinajstić information content (AvgIpc) is 3.58. The van der Waals surface area contributed by atoms with Gasteiger partial charge < -0.3 is 15.5 Å². The molecule has 43 heavy (non-hydrogen) atoms. The van der Waals surface area contributed by atoms with E-state index in [9.17, 15) is 32.3 Å². The maximum Gasteiger partial charge on any atom is 0.493 e. The standard InChI is InChI=1S/C29H30F3N5O5S/c1-34-23-22(24(39)36(26(34)41)17-21(38)20-12-6-3-7-13-20)35(16-19-10-4-2-5-11-19)27(37(23)42-25(40)29(30,31)32)43-28(18-33)14-8-9-15-28/h2-7,10-13,27H,8-9,14-18,33H2,1H3. The normalized spacial score (nSPS) is 17.7. The molecule has 1 aromatic heterocycles. The zero-order chi connectivity index (χ0) is 30.9. The van der Waals surface area contributed by atoms with Crippen LogP contribution in [0, 0.1) is 0 Å². The summed E-state index contributed by atoms with van der Waals surface area (Å²) in [7, 11) is 1.25. The summed E-state index contributed by atoms with van der Waals surface area (Å²) in [5.74, 6) is -3.34. The highest BCUT2D eigenvalue weighted by atomic mass is 32.2. The second-order valence-corrected chi connectivity index (χ2v) is 12.1. The number of nitrogens with zero attached hydrogens (tertiary/aromatic N) is 4. The summed E-state index contributed by atoms with van der Waals surface area (Å²) in [4.78, 5) is 59.4. The van der Waals surface area contributed by atoms with Gasteiger partial charge in [0.1, 0.15) is 0 Å². The molecule has 228 valence electrons. The van der Waals surface area contributed by atoms with E-state index in [4.69, 9.17) is 10.6 Å². The molecule has 1 unspecified atom stereocenters. The number of nitrogens with two attached hydrogens (primary N) is 1. The fourth-order valence-electron chi connectivity index (χ4n) is 5.48. The topological polar surface area (TPSA) is 120 Å². The fourth-order valence-corrected chi connectivity index (χ4v) is 7.09. The van der Waals surface area contributed by atoms with Crippen molar-refractivity contribution in [3.8, 4) is 0 Å². The molecule has 1 aliphatic carbocycles. The molecule has 5 rings (SSSR count).